The second-order valence-electron chi connectivity index (χ2n) is 10.8. The third-order valence-electron chi connectivity index (χ3n) is 8.29. The molecule has 0 bridgehead atoms. The van der Waals surface area contributed by atoms with E-state index in [0.717, 1.165) is 67.0 Å². The van der Waals surface area contributed by atoms with Crippen molar-refractivity contribution in [3.8, 4) is 11.3 Å². The number of likely N-dealkylation sites (N-methyl/N-ethyl adjacent to an activating group) is 1. The number of nitrogen functional groups attached to an aromatic ring is 1. The van der Waals surface area contributed by atoms with Crippen LogP contribution >= 0.6 is 0 Å². The van der Waals surface area contributed by atoms with Gasteiger partial charge in [0.05, 0.1) is 18.0 Å². The number of hydrogen-bond donors (Lipinski definition) is 2. The number of carbonyl (C=O) groups excluding carboxylic acids is 1. The normalized spacial score (nSPS) is 20.7. The second kappa shape index (κ2) is 11.1. The minimum absolute atomic E-state index is 0.0525. The first-order chi connectivity index (χ1) is 19.1. The highest BCUT2D eigenvalue weighted by atomic mass is 16.1. The van der Waals surface area contributed by atoms with Crippen LogP contribution in [0.5, 0.6) is 0 Å². The van der Waals surface area contributed by atoms with Crippen LogP contribution < -0.4 is 11.1 Å². The summed E-state index contributed by atoms with van der Waals surface area (Å²) in [7, 11) is 2.21. The summed E-state index contributed by atoms with van der Waals surface area (Å²) >= 11 is 0. The minimum atomic E-state index is 0.0525. The smallest absolute Gasteiger partial charge is 0.181 e. The summed E-state index contributed by atoms with van der Waals surface area (Å²) < 4.78 is 2.09. The fourth-order valence-electron chi connectivity index (χ4n) is 5.96. The van der Waals surface area contributed by atoms with Crippen LogP contribution in [0.4, 0.5) is 11.5 Å². The highest BCUT2D eigenvalue weighted by Crippen LogP contribution is 2.37. The highest BCUT2D eigenvalue weighted by Gasteiger charge is 2.30. The Bertz CT molecular complexity index is 1420. The Morgan fingerprint density at radius 3 is 2.33 bits per heavy atom. The summed E-state index contributed by atoms with van der Waals surface area (Å²) in [5, 5.41) is 9.11. The van der Waals surface area contributed by atoms with E-state index >= 15 is 0 Å². The fraction of sp³-hybridized carbons (Fsp3) is 0.400. The molecule has 9 nitrogen and oxygen atoms in total. The van der Waals surface area contributed by atoms with Crippen molar-refractivity contribution in [1.82, 2.24) is 29.5 Å². The van der Waals surface area contributed by atoms with Gasteiger partial charge in [0.25, 0.3) is 0 Å². The summed E-state index contributed by atoms with van der Waals surface area (Å²) in [5.74, 6) is 0.500. The van der Waals surface area contributed by atoms with E-state index in [0.29, 0.717) is 23.5 Å². The van der Waals surface area contributed by atoms with Crippen molar-refractivity contribution in [3.05, 3.63) is 66.5 Å². The first-order valence-corrected chi connectivity index (χ1v) is 13.9. The van der Waals surface area contributed by atoms with Gasteiger partial charge in [0.2, 0.25) is 0 Å². The Morgan fingerprint density at radius 2 is 1.62 bits per heavy atom. The zero-order valence-electron chi connectivity index (χ0n) is 22.5. The Morgan fingerprint density at radius 1 is 0.923 bits per heavy atom. The monoisotopic (exact) mass is 524 g/mol. The van der Waals surface area contributed by atoms with Gasteiger partial charge in [-0.15, -0.1) is 0 Å². The van der Waals surface area contributed by atoms with E-state index in [9.17, 15) is 4.79 Å². The molecule has 2 aromatic heterocycles. The molecule has 2 fully saturated rings. The molecule has 0 amide bonds. The highest BCUT2D eigenvalue weighted by molar-refractivity contribution is 5.99. The molecule has 6 rings (SSSR count). The molecule has 39 heavy (non-hydrogen) atoms. The number of nitrogens with two attached hydrogens (primary N) is 1. The van der Waals surface area contributed by atoms with Crippen molar-refractivity contribution in [3.63, 3.8) is 0 Å². The lowest BCUT2D eigenvalue weighted by Crippen LogP contribution is -2.49. The molecule has 1 aliphatic heterocycles. The molecule has 0 atom stereocenters. The van der Waals surface area contributed by atoms with Gasteiger partial charge < -0.3 is 16.0 Å². The minimum Gasteiger partial charge on any atom is -0.383 e. The molecule has 4 aromatic rings. The average Bonchev–Trinajstić information content (AvgIpc) is 3.38. The van der Waals surface area contributed by atoms with E-state index in [4.69, 9.17) is 10.8 Å². The number of hydrogen-bond acceptors (Lipinski definition) is 8. The summed E-state index contributed by atoms with van der Waals surface area (Å²) in [4.78, 5) is 26.4. The number of nitrogens with one attached hydrogen (secondary N) is 1. The van der Waals surface area contributed by atoms with E-state index in [-0.39, 0.29) is 12.3 Å². The number of Topliss-reactive ketones (excluding diaryl/α,β-unsaturated/α-hetero) is 1. The Kier molecular flexibility index (Phi) is 7.26. The van der Waals surface area contributed by atoms with Crippen LogP contribution in [-0.2, 0) is 0 Å². The van der Waals surface area contributed by atoms with Crippen LogP contribution in [0.3, 0.4) is 0 Å². The summed E-state index contributed by atoms with van der Waals surface area (Å²) in [6.45, 7) is 4.87. The molecule has 0 radical (unpaired) electrons. The van der Waals surface area contributed by atoms with E-state index in [1.54, 1.807) is 0 Å². The second-order valence-corrected chi connectivity index (χ2v) is 10.8. The van der Waals surface area contributed by atoms with Crippen LogP contribution in [0.2, 0.25) is 0 Å². The number of piperazine rings is 1. The molecular formula is C30H36N8O. The van der Waals surface area contributed by atoms with Crippen LogP contribution in [0, 0.1) is 0 Å². The van der Waals surface area contributed by atoms with E-state index in [1.807, 2.05) is 54.6 Å². The standard InChI is InChI=1S/C30H36N8O/c1-36-15-17-37(18-16-36)24-11-13-25(14-12-24)38-30-27(29(31)33-20-34-30)28(35-38)22-7-9-23(10-8-22)32-19-26(39)21-5-3-2-4-6-21/h2-10,20,24-25,32H,11-19H2,1H3,(H2,31,33,34)/t24-,25+. The predicted octanol–water partition coefficient (Wildman–Crippen LogP) is 4.10. The lowest BCUT2D eigenvalue weighted by molar-refractivity contribution is 0.0815. The van der Waals surface area contributed by atoms with Gasteiger partial charge >= 0.3 is 0 Å². The van der Waals surface area contributed by atoms with Crippen LogP contribution in [0.1, 0.15) is 42.1 Å². The van der Waals surface area contributed by atoms with Gasteiger partial charge in [0.15, 0.2) is 11.4 Å². The fourth-order valence-corrected chi connectivity index (χ4v) is 5.96. The van der Waals surface area contributed by atoms with Crippen LogP contribution in [0.15, 0.2) is 60.9 Å². The Balaban J connectivity index is 1.18. The van der Waals surface area contributed by atoms with Gasteiger partial charge in [-0.3, -0.25) is 9.69 Å². The number of nitrogens with zero attached hydrogens (tertiary/aromatic N) is 6. The van der Waals surface area contributed by atoms with Crippen molar-refractivity contribution < 1.29 is 4.79 Å². The summed E-state index contributed by atoms with van der Waals surface area (Å²) in [6, 6.07) is 18.2. The molecule has 1 saturated heterocycles. The van der Waals surface area contributed by atoms with Crippen LogP contribution in [0.25, 0.3) is 22.3 Å². The number of benzene rings is 2. The lowest BCUT2D eigenvalue weighted by Gasteiger charge is -2.41. The zero-order valence-corrected chi connectivity index (χ0v) is 22.5. The molecule has 1 saturated carbocycles. The first-order valence-electron chi connectivity index (χ1n) is 13.9. The molecule has 2 aromatic carbocycles. The number of anilines is 2. The van der Waals surface area contributed by atoms with Gasteiger partial charge in [-0.05, 0) is 44.9 Å². The third kappa shape index (κ3) is 5.37. The average molecular weight is 525 g/mol. The third-order valence-corrected chi connectivity index (χ3v) is 8.29. The van der Waals surface area contributed by atoms with E-state index in [2.05, 4.69) is 36.8 Å². The molecule has 3 heterocycles. The topological polar surface area (TPSA) is 105 Å². The molecule has 9 heteroatoms. The molecular weight excluding hydrogens is 488 g/mol. The van der Waals surface area contributed by atoms with Crippen molar-refractivity contribution in [2.24, 2.45) is 0 Å². The van der Waals surface area contributed by atoms with Gasteiger partial charge in [-0.25, -0.2) is 14.6 Å². The molecule has 0 spiro atoms. The van der Waals surface area contributed by atoms with E-state index < -0.39 is 0 Å². The van der Waals surface area contributed by atoms with Crippen molar-refractivity contribution >= 4 is 28.3 Å². The van der Waals surface area contributed by atoms with Crippen molar-refractivity contribution in [2.45, 2.75) is 37.8 Å². The largest absolute Gasteiger partial charge is 0.383 e. The SMILES string of the molecule is CN1CCN([C@H]2CC[C@@H](n3nc(-c4ccc(NCC(=O)c5ccccc5)cc4)c4c(N)ncnc43)CC2)CC1. The quantitative estimate of drug-likeness (QED) is 0.348. The maximum atomic E-state index is 12.5. The van der Waals surface area contributed by atoms with E-state index in [1.165, 1.54) is 19.2 Å². The molecule has 0 unspecified atom stereocenters. The molecule has 2 aliphatic rings. The Hall–Kier alpha value is -3.82. The number of carbonyl (C=O) groups is 1. The van der Waals surface area contributed by atoms with Crippen molar-refractivity contribution in [2.75, 3.05) is 50.8 Å². The first kappa shape index (κ1) is 25.5. The molecule has 3 N–H and O–H groups in total. The maximum absolute atomic E-state index is 12.5. The van der Waals surface area contributed by atoms with Gasteiger partial charge in [0, 0.05) is 49.0 Å². The number of aromatic nitrogens is 4. The molecule has 202 valence electrons. The van der Waals surface area contributed by atoms with Crippen LogP contribution in [-0.4, -0.2) is 81.1 Å². The predicted molar refractivity (Wildman–Crippen MR) is 155 cm³/mol. The van der Waals surface area contributed by atoms with Gasteiger partial charge in [-0.2, -0.15) is 5.10 Å². The number of rotatable bonds is 7. The lowest BCUT2D eigenvalue weighted by atomic mass is 9.90. The zero-order chi connectivity index (χ0) is 26.8. The summed E-state index contributed by atoms with van der Waals surface area (Å²) in [5.41, 5.74) is 10.5. The van der Waals surface area contributed by atoms with Crippen molar-refractivity contribution in [1.29, 1.82) is 0 Å². The van der Waals surface area contributed by atoms with Gasteiger partial charge in [-0.1, -0.05) is 42.5 Å². The molecule has 1 aliphatic carbocycles. The maximum Gasteiger partial charge on any atom is 0.181 e. The summed E-state index contributed by atoms with van der Waals surface area (Å²) in [6.07, 6.45) is 6.04. The number of fused-ring (bicyclic) bond motifs is 1. The van der Waals surface area contributed by atoms with Gasteiger partial charge in [0.1, 0.15) is 17.8 Å². The number of ketones is 1. The Labute approximate surface area is 229 Å².